The molecule has 0 saturated heterocycles. The van der Waals surface area contributed by atoms with Crippen molar-refractivity contribution in [1.82, 2.24) is 4.57 Å². The average Bonchev–Trinajstić information content (AvgIpc) is 3.59. The second-order valence-corrected chi connectivity index (χ2v) is 11.8. The number of fused-ring (bicyclic) bond motifs is 11. The van der Waals surface area contributed by atoms with E-state index >= 15 is 0 Å². The average molecular weight is 524 g/mol. The number of hydrogen-bond acceptors (Lipinski definition) is 1. The van der Waals surface area contributed by atoms with E-state index < -0.39 is 0 Å². The Labute approximate surface area is 231 Å². The van der Waals surface area contributed by atoms with Gasteiger partial charge in [-0.3, -0.25) is 0 Å². The molecule has 7 aromatic rings. The van der Waals surface area contributed by atoms with Gasteiger partial charge in [-0.05, 0) is 83.6 Å². The van der Waals surface area contributed by atoms with Crippen molar-refractivity contribution in [1.29, 1.82) is 0 Å². The van der Waals surface area contributed by atoms with Crippen LogP contribution in [0.3, 0.4) is 0 Å². The number of nitrogens with zero attached hydrogens (tertiary/aromatic N) is 1. The molecular weight excluding hydrogens is 498 g/mol. The van der Waals surface area contributed by atoms with Crippen LogP contribution >= 0.6 is 11.6 Å². The van der Waals surface area contributed by atoms with E-state index in [0.29, 0.717) is 0 Å². The lowest BCUT2D eigenvalue weighted by molar-refractivity contribution is 0.353. The molecule has 1 spiro atoms. The summed E-state index contributed by atoms with van der Waals surface area (Å²) in [4.78, 5) is 0. The molecule has 1 saturated carbocycles. The summed E-state index contributed by atoms with van der Waals surface area (Å²) in [5, 5.41) is 5.54. The summed E-state index contributed by atoms with van der Waals surface area (Å²) in [6.45, 7) is 0. The van der Waals surface area contributed by atoms with Gasteiger partial charge >= 0.3 is 0 Å². The van der Waals surface area contributed by atoms with Crippen molar-refractivity contribution in [3.63, 3.8) is 0 Å². The molecule has 188 valence electrons. The zero-order valence-corrected chi connectivity index (χ0v) is 22.3. The van der Waals surface area contributed by atoms with Gasteiger partial charge in [0.05, 0.1) is 11.0 Å². The molecule has 5 aromatic carbocycles. The van der Waals surface area contributed by atoms with Gasteiger partial charge in [-0.15, -0.1) is 0 Å². The predicted molar refractivity (Wildman–Crippen MR) is 162 cm³/mol. The van der Waals surface area contributed by atoms with Gasteiger partial charge in [0.2, 0.25) is 0 Å². The maximum atomic E-state index is 6.61. The molecule has 3 heteroatoms. The molecule has 2 heterocycles. The largest absolute Gasteiger partial charge is 0.456 e. The highest BCUT2D eigenvalue weighted by atomic mass is 35.5. The first kappa shape index (κ1) is 21.9. The SMILES string of the molecule is Clc1ccc2c(c1)c1cc3c(cc1n2-c1ccc2c(c1)oc1ccccc12)-c1ccccc1C31CCCCC1. The predicted octanol–water partition coefficient (Wildman–Crippen LogP) is 10.6. The Kier molecular flexibility index (Phi) is 4.36. The number of para-hydroxylation sites is 1. The van der Waals surface area contributed by atoms with E-state index in [1.165, 1.54) is 76.2 Å². The van der Waals surface area contributed by atoms with Crippen molar-refractivity contribution in [3.8, 4) is 16.8 Å². The molecule has 39 heavy (non-hydrogen) atoms. The highest BCUT2D eigenvalue weighted by Gasteiger charge is 2.44. The van der Waals surface area contributed by atoms with Crippen molar-refractivity contribution in [2.45, 2.75) is 37.5 Å². The molecule has 1 fully saturated rings. The van der Waals surface area contributed by atoms with Crippen LogP contribution in [0.5, 0.6) is 0 Å². The molecule has 0 amide bonds. The topological polar surface area (TPSA) is 18.1 Å². The van der Waals surface area contributed by atoms with Gasteiger partial charge < -0.3 is 8.98 Å². The van der Waals surface area contributed by atoms with Crippen LogP contribution in [-0.2, 0) is 5.41 Å². The second-order valence-electron chi connectivity index (χ2n) is 11.4. The Hall–Kier alpha value is -4.01. The van der Waals surface area contributed by atoms with Gasteiger partial charge in [0.1, 0.15) is 11.2 Å². The molecule has 0 bridgehead atoms. The van der Waals surface area contributed by atoms with Crippen LogP contribution in [0.1, 0.15) is 43.2 Å². The fourth-order valence-corrected chi connectivity index (χ4v) is 7.93. The molecular formula is C36H26ClNO. The summed E-state index contributed by atoms with van der Waals surface area (Å²) in [7, 11) is 0. The molecule has 0 radical (unpaired) electrons. The van der Waals surface area contributed by atoms with Crippen molar-refractivity contribution in [2.75, 3.05) is 0 Å². The molecule has 2 nitrogen and oxygen atoms in total. The summed E-state index contributed by atoms with van der Waals surface area (Å²) in [6, 6.07) is 35.3. The van der Waals surface area contributed by atoms with Gasteiger partial charge in [0.25, 0.3) is 0 Å². The third-order valence-electron chi connectivity index (χ3n) is 9.44. The van der Waals surface area contributed by atoms with Crippen molar-refractivity contribution >= 4 is 55.3 Å². The summed E-state index contributed by atoms with van der Waals surface area (Å²) in [5.74, 6) is 0. The van der Waals surface area contributed by atoms with Crippen LogP contribution in [0.25, 0.3) is 60.6 Å². The quantitative estimate of drug-likeness (QED) is 0.209. The van der Waals surface area contributed by atoms with E-state index in [-0.39, 0.29) is 5.41 Å². The third kappa shape index (κ3) is 2.88. The van der Waals surface area contributed by atoms with Gasteiger partial charge in [-0.25, -0.2) is 0 Å². The minimum absolute atomic E-state index is 0.124. The number of furan rings is 1. The fourth-order valence-electron chi connectivity index (χ4n) is 7.76. The highest BCUT2D eigenvalue weighted by Crippen LogP contribution is 2.57. The number of aromatic nitrogens is 1. The summed E-state index contributed by atoms with van der Waals surface area (Å²) >= 11 is 6.61. The van der Waals surface area contributed by atoms with Crippen molar-refractivity contribution in [2.24, 2.45) is 0 Å². The minimum atomic E-state index is 0.124. The van der Waals surface area contributed by atoms with E-state index in [0.717, 1.165) is 32.6 Å². The van der Waals surface area contributed by atoms with Crippen molar-refractivity contribution in [3.05, 3.63) is 113 Å². The molecule has 0 aliphatic heterocycles. The maximum Gasteiger partial charge on any atom is 0.137 e. The monoisotopic (exact) mass is 523 g/mol. The molecule has 2 aliphatic rings. The first-order valence-electron chi connectivity index (χ1n) is 14.0. The standard InChI is InChI=1S/C36H26ClNO/c37-22-12-15-32-28(18-22)29-20-31-27(24-8-2-4-10-30(24)36(31)16-6-1-7-17-36)21-33(29)38(32)23-13-14-26-25-9-3-5-11-34(25)39-35(26)19-23/h2-5,8-15,18-21H,1,6-7,16-17H2. The lowest BCUT2D eigenvalue weighted by atomic mass is 9.68. The van der Waals surface area contributed by atoms with Crippen LogP contribution < -0.4 is 0 Å². The smallest absolute Gasteiger partial charge is 0.137 e. The third-order valence-corrected chi connectivity index (χ3v) is 9.68. The Balaban J connectivity index is 1.38. The molecule has 9 rings (SSSR count). The van der Waals surface area contributed by atoms with E-state index in [2.05, 4.69) is 83.4 Å². The molecule has 0 N–H and O–H groups in total. The highest BCUT2D eigenvalue weighted by molar-refractivity contribution is 6.32. The van der Waals surface area contributed by atoms with Crippen LogP contribution in [-0.4, -0.2) is 4.57 Å². The van der Waals surface area contributed by atoms with Crippen LogP contribution in [0.2, 0.25) is 5.02 Å². The molecule has 0 atom stereocenters. The van der Waals surface area contributed by atoms with Gasteiger partial charge in [0, 0.05) is 43.7 Å². The Morgan fingerprint density at radius 1 is 0.590 bits per heavy atom. The zero-order valence-electron chi connectivity index (χ0n) is 21.5. The second kappa shape index (κ2) is 7.77. The summed E-state index contributed by atoms with van der Waals surface area (Å²) in [5.41, 5.74) is 11.2. The number of halogens is 1. The number of benzene rings is 5. The Morgan fingerprint density at radius 2 is 1.38 bits per heavy atom. The summed E-state index contributed by atoms with van der Waals surface area (Å²) in [6.07, 6.45) is 6.36. The molecule has 0 unspecified atom stereocenters. The van der Waals surface area contributed by atoms with Gasteiger partial charge in [0.15, 0.2) is 0 Å². The maximum absolute atomic E-state index is 6.61. The van der Waals surface area contributed by atoms with E-state index in [9.17, 15) is 0 Å². The van der Waals surface area contributed by atoms with E-state index in [1.807, 2.05) is 18.2 Å². The molecule has 2 aromatic heterocycles. The number of hydrogen-bond donors (Lipinski definition) is 0. The first-order valence-corrected chi connectivity index (χ1v) is 14.4. The fraction of sp³-hybridized carbons (Fsp3) is 0.167. The lowest BCUT2D eigenvalue weighted by Gasteiger charge is -2.36. The zero-order chi connectivity index (χ0) is 25.7. The Bertz CT molecular complexity index is 2120. The summed E-state index contributed by atoms with van der Waals surface area (Å²) < 4.78 is 8.69. The van der Waals surface area contributed by atoms with Crippen LogP contribution in [0.15, 0.2) is 101 Å². The van der Waals surface area contributed by atoms with Crippen molar-refractivity contribution < 1.29 is 4.42 Å². The Morgan fingerprint density at radius 3 is 2.31 bits per heavy atom. The lowest BCUT2D eigenvalue weighted by Crippen LogP contribution is -2.27. The normalized spacial score (nSPS) is 16.0. The van der Waals surface area contributed by atoms with Crippen LogP contribution in [0, 0.1) is 0 Å². The number of rotatable bonds is 1. The van der Waals surface area contributed by atoms with Crippen LogP contribution in [0.4, 0.5) is 0 Å². The van der Waals surface area contributed by atoms with Gasteiger partial charge in [-0.1, -0.05) is 73.3 Å². The first-order chi connectivity index (χ1) is 19.2. The minimum Gasteiger partial charge on any atom is -0.456 e. The molecule has 2 aliphatic carbocycles. The van der Waals surface area contributed by atoms with Gasteiger partial charge in [-0.2, -0.15) is 0 Å². The van der Waals surface area contributed by atoms with E-state index in [4.69, 9.17) is 16.0 Å². The van der Waals surface area contributed by atoms with E-state index in [1.54, 1.807) is 0 Å².